The van der Waals surface area contributed by atoms with Gasteiger partial charge < -0.3 is 5.32 Å². The van der Waals surface area contributed by atoms with Crippen LogP contribution >= 0.6 is 23.4 Å². The van der Waals surface area contributed by atoms with Crippen LogP contribution in [-0.4, -0.2) is 26.4 Å². The number of benzene rings is 3. The van der Waals surface area contributed by atoms with Crippen molar-refractivity contribution in [3.05, 3.63) is 119 Å². The standard InChI is InChI=1S/C25H23ClN4OS/c26-23-12-10-20(11-13-23)25(19-6-2-1-3-7-19)32-16-24(31)28-14-21-8-4-5-9-22(21)15-30-18-27-17-29-30/h1-13,17-18,25H,14-16H2,(H,28,31). The summed E-state index contributed by atoms with van der Waals surface area (Å²) in [6.07, 6.45) is 3.21. The van der Waals surface area contributed by atoms with Crippen LogP contribution < -0.4 is 5.32 Å². The van der Waals surface area contributed by atoms with Crippen molar-refractivity contribution in [2.24, 2.45) is 0 Å². The van der Waals surface area contributed by atoms with E-state index in [-0.39, 0.29) is 11.2 Å². The third kappa shape index (κ3) is 5.99. The minimum Gasteiger partial charge on any atom is -0.351 e. The molecule has 0 saturated carbocycles. The summed E-state index contributed by atoms with van der Waals surface area (Å²) in [4.78, 5) is 16.7. The molecule has 0 bridgehead atoms. The number of hydrogen-bond donors (Lipinski definition) is 1. The first-order valence-corrected chi connectivity index (χ1v) is 11.7. The summed E-state index contributed by atoms with van der Waals surface area (Å²) < 4.78 is 1.77. The van der Waals surface area contributed by atoms with Gasteiger partial charge in [0.25, 0.3) is 0 Å². The van der Waals surface area contributed by atoms with Gasteiger partial charge in [0.1, 0.15) is 12.7 Å². The Kier molecular flexibility index (Phi) is 7.59. The number of carbonyl (C=O) groups excluding carboxylic acids is 1. The fraction of sp³-hybridized carbons (Fsp3) is 0.160. The van der Waals surface area contributed by atoms with Gasteiger partial charge in [0.2, 0.25) is 5.91 Å². The fourth-order valence-corrected chi connectivity index (χ4v) is 4.67. The number of aromatic nitrogens is 3. The zero-order valence-corrected chi connectivity index (χ0v) is 19.0. The summed E-state index contributed by atoms with van der Waals surface area (Å²) in [6, 6.07) is 26.1. The highest BCUT2D eigenvalue weighted by molar-refractivity contribution is 8.00. The first kappa shape index (κ1) is 22.1. The first-order chi connectivity index (χ1) is 15.7. The smallest absolute Gasteiger partial charge is 0.230 e. The van der Waals surface area contributed by atoms with Gasteiger partial charge >= 0.3 is 0 Å². The Morgan fingerprint density at radius 3 is 2.34 bits per heavy atom. The lowest BCUT2D eigenvalue weighted by Gasteiger charge is -2.18. The van der Waals surface area contributed by atoms with Gasteiger partial charge in [-0.1, -0.05) is 78.3 Å². The Hall–Kier alpha value is -3.09. The lowest BCUT2D eigenvalue weighted by Crippen LogP contribution is -2.25. The van der Waals surface area contributed by atoms with Gasteiger partial charge in [-0.2, -0.15) is 5.10 Å². The largest absolute Gasteiger partial charge is 0.351 e. The predicted molar refractivity (Wildman–Crippen MR) is 130 cm³/mol. The highest BCUT2D eigenvalue weighted by Crippen LogP contribution is 2.35. The van der Waals surface area contributed by atoms with E-state index in [1.54, 1.807) is 22.8 Å². The second kappa shape index (κ2) is 11.0. The molecule has 1 unspecified atom stereocenters. The number of thioether (sulfide) groups is 1. The van der Waals surface area contributed by atoms with Gasteiger partial charge in [-0.05, 0) is 34.4 Å². The van der Waals surface area contributed by atoms with Crippen molar-refractivity contribution in [1.82, 2.24) is 20.1 Å². The molecule has 0 aliphatic carbocycles. The minimum atomic E-state index is 0.000420. The van der Waals surface area contributed by atoms with E-state index in [0.717, 1.165) is 22.3 Å². The van der Waals surface area contributed by atoms with E-state index in [2.05, 4.69) is 27.5 Å². The molecule has 1 amide bonds. The Balaban J connectivity index is 1.39. The molecular formula is C25H23ClN4OS. The van der Waals surface area contributed by atoms with Crippen molar-refractivity contribution >= 4 is 29.3 Å². The molecule has 0 aliphatic heterocycles. The van der Waals surface area contributed by atoms with E-state index in [9.17, 15) is 4.79 Å². The molecule has 32 heavy (non-hydrogen) atoms. The number of rotatable bonds is 9. The van der Waals surface area contributed by atoms with E-state index in [0.29, 0.717) is 23.9 Å². The van der Waals surface area contributed by atoms with E-state index < -0.39 is 0 Å². The van der Waals surface area contributed by atoms with Crippen molar-refractivity contribution in [1.29, 1.82) is 0 Å². The zero-order valence-electron chi connectivity index (χ0n) is 17.4. The highest BCUT2D eigenvalue weighted by Gasteiger charge is 2.16. The monoisotopic (exact) mass is 462 g/mol. The molecule has 5 nitrogen and oxygen atoms in total. The van der Waals surface area contributed by atoms with Crippen LogP contribution in [0.2, 0.25) is 5.02 Å². The number of nitrogens with zero attached hydrogens (tertiary/aromatic N) is 3. The van der Waals surface area contributed by atoms with Crippen LogP contribution in [0.1, 0.15) is 27.5 Å². The maximum Gasteiger partial charge on any atom is 0.230 e. The molecular weight excluding hydrogens is 440 g/mol. The molecule has 0 radical (unpaired) electrons. The van der Waals surface area contributed by atoms with E-state index >= 15 is 0 Å². The molecule has 0 saturated heterocycles. The van der Waals surface area contributed by atoms with Crippen molar-refractivity contribution in [2.75, 3.05) is 5.75 Å². The second-order valence-electron chi connectivity index (χ2n) is 7.29. The van der Waals surface area contributed by atoms with Crippen molar-refractivity contribution in [2.45, 2.75) is 18.3 Å². The molecule has 1 heterocycles. The molecule has 4 aromatic rings. The van der Waals surface area contributed by atoms with Crippen molar-refractivity contribution < 1.29 is 4.79 Å². The Morgan fingerprint density at radius 2 is 1.62 bits per heavy atom. The van der Waals surface area contributed by atoms with Crippen LogP contribution in [0.4, 0.5) is 0 Å². The number of halogens is 1. The lowest BCUT2D eigenvalue weighted by atomic mass is 10.0. The average Bonchev–Trinajstić information content (AvgIpc) is 3.34. The van der Waals surface area contributed by atoms with E-state index in [4.69, 9.17) is 11.6 Å². The van der Waals surface area contributed by atoms with Crippen LogP contribution in [0.5, 0.6) is 0 Å². The Morgan fingerprint density at radius 1 is 0.938 bits per heavy atom. The summed E-state index contributed by atoms with van der Waals surface area (Å²) in [5.74, 6) is 0.355. The number of hydrogen-bond acceptors (Lipinski definition) is 4. The summed E-state index contributed by atoms with van der Waals surface area (Å²) in [7, 11) is 0. The Labute approximate surface area is 196 Å². The lowest BCUT2D eigenvalue weighted by molar-refractivity contribution is -0.118. The fourth-order valence-electron chi connectivity index (χ4n) is 3.43. The topological polar surface area (TPSA) is 59.8 Å². The molecule has 7 heteroatoms. The third-order valence-electron chi connectivity index (χ3n) is 5.05. The molecule has 0 fully saturated rings. The minimum absolute atomic E-state index is 0.000420. The SMILES string of the molecule is O=C(CSC(c1ccccc1)c1ccc(Cl)cc1)NCc1ccccc1Cn1cncn1. The molecule has 1 N–H and O–H groups in total. The van der Waals surface area contributed by atoms with E-state index in [1.165, 1.54) is 6.33 Å². The molecule has 4 rings (SSSR count). The summed E-state index contributed by atoms with van der Waals surface area (Å²) in [5, 5.41) is 7.98. The maximum absolute atomic E-state index is 12.7. The highest BCUT2D eigenvalue weighted by atomic mass is 35.5. The molecule has 1 aromatic heterocycles. The maximum atomic E-state index is 12.7. The molecule has 0 aliphatic rings. The first-order valence-electron chi connectivity index (χ1n) is 10.3. The van der Waals surface area contributed by atoms with Crippen LogP contribution in [0, 0.1) is 0 Å². The normalized spacial score (nSPS) is 11.8. The van der Waals surface area contributed by atoms with Gasteiger partial charge in [-0.25, -0.2) is 9.67 Å². The zero-order chi connectivity index (χ0) is 22.2. The average molecular weight is 463 g/mol. The summed E-state index contributed by atoms with van der Waals surface area (Å²) in [6.45, 7) is 1.09. The van der Waals surface area contributed by atoms with Gasteiger partial charge in [-0.15, -0.1) is 11.8 Å². The summed E-state index contributed by atoms with van der Waals surface area (Å²) in [5.41, 5.74) is 4.45. The third-order valence-corrected chi connectivity index (χ3v) is 6.61. The van der Waals surface area contributed by atoms with Gasteiger partial charge in [0.15, 0.2) is 0 Å². The number of nitrogens with one attached hydrogen (secondary N) is 1. The van der Waals surface area contributed by atoms with Crippen LogP contribution in [0.25, 0.3) is 0 Å². The molecule has 1 atom stereocenters. The van der Waals surface area contributed by atoms with Crippen LogP contribution in [0.15, 0.2) is 91.5 Å². The number of amides is 1. The quantitative estimate of drug-likeness (QED) is 0.375. The number of carbonyl (C=O) groups is 1. The molecule has 0 spiro atoms. The molecule has 162 valence electrons. The summed E-state index contributed by atoms with van der Waals surface area (Å²) >= 11 is 7.67. The molecule has 3 aromatic carbocycles. The van der Waals surface area contributed by atoms with Crippen molar-refractivity contribution in [3.8, 4) is 0 Å². The van der Waals surface area contributed by atoms with E-state index in [1.807, 2.05) is 66.7 Å². The van der Waals surface area contributed by atoms with Gasteiger partial charge in [-0.3, -0.25) is 4.79 Å². The Bertz CT molecular complexity index is 1130. The predicted octanol–water partition coefficient (Wildman–Crippen LogP) is 5.12. The van der Waals surface area contributed by atoms with Gasteiger partial charge in [0.05, 0.1) is 17.5 Å². The van der Waals surface area contributed by atoms with Crippen molar-refractivity contribution in [3.63, 3.8) is 0 Å². The second-order valence-corrected chi connectivity index (χ2v) is 8.82. The van der Waals surface area contributed by atoms with Gasteiger partial charge in [0, 0.05) is 11.6 Å². The van der Waals surface area contributed by atoms with Crippen LogP contribution in [-0.2, 0) is 17.9 Å². The van der Waals surface area contributed by atoms with Crippen LogP contribution in [0.3, 0.4) is 0 Å².